The van der Waals surface area contributed by atoms with Gasteiger partial charge in [-0.2, -0.15) is 0 Å². The molecule has 3 nitrogen and oxygen atoms in total. The van der Waals surface area contributed by atoms with Crippen LogP contribution in [0.5, 0.6) is 0 Å². The number of nitrogens with zero attached hydrogens (tertiary/aromatic N) is 2. The van der Waals surface area contributed by atoms with Gasteiger partial charge in [-0.1, -0.05) is 67.9 Å². The highest BCUT2D eigenvalue weighted by molar-refractivity contribution is 7.20. The second-order valence-corrected chi connectivity index (χ2v) is 9.90. The van der Waals surface area contributed by atoms with E-state index in [4.69, 9.17) is 11.6 Å². The number of hydrogen-bond acceptors (Lipinski definition) is 3. The normalized spacial score (nSPS) is 11.5. The van der Waals surface area contributed by atoms with Gasteiger partial charge < -0.3 is 9.80 Å². The van der Waals surface area contributed by atoms with Crippen molar-refractivity contribution in [1.29, 1.82) is 0 Å². The van der Waals surface area contributed by atoms with Crippen LogP contribution in [-0.2, 0) is 6.54 Å². The molecule has 33 heavy (non-hydrogen) atoms. The Balaban J connectivity index is 1.55. The molecule has 3 aromatic carbocycles. The first-order chi connectivity index (χ1) is 16.1. The van der Waals surface area contributed by atoms with E-state index in [9.17, 15) is 4.79 Å². The summed E-state index contributed by atoms with van der Waals surface area (Å²) in [7, 11) is 0. The molecular formula is C28H31ClN2OS. The van der Waals surface area contributed by atoms with E-state index in [0.717, 1.165) is 59.5 Å². The lowest BCUT2D eigenvalue weighted by Gasteiger charge is -2.24. The van der Waals surface area contributed by atoms with Crippen LogP contribution in [0, 0.1) is 0 Å². The van der Waals surface area contributed by atoms with Crippen LogP contribution in [0.25, 0.3) is 20.9 Å². The van der Waals surface area contributed by atoms with Crippen LogP contribution in [0.15, 0.2) is 66.7 Å². The Bertz CT molecular complexity index is 1230. The van der Waals surface area contributed by atoms with Gasteiger partial charge in [-0.25, -0.2) is 0 Å². The number of carbonyl (C=O) groups is 1. The summed E-state index contributed by atoms with van der Waals surface area (Å²) in [6.07, 6.45) is 2.07. The number of carbonyl (C=O) groups excluding carboxylic acids is 1. The first kappa shape index (κ1) is 23.7. The van der Waals surface area contributed by atoms with Crippen molar-refractivity contribution in [3.05, 3.63) is 82.2 Å². The van der Waals surface area contributed by atoms with Crippen LogP contribution in [0.2, 0.25) is 5.02 Å². The van der Waals surface area contributed by atoms with Gasteiger partial charge in [0.25, 0.3) is 5.91 Å². The Labute approximate surface area is 205 Å². The van der Waals surface area contributed by atoms with Crippen molar-refractivity contribution in [3.63, 3.8) is 0 Å². The minimum absolute atomic E-state index is 0.0864. The molecule has 0 aliphatic heterocycles. The molecule has 0 radical (unpaired) electrons. The molecule has 4 aromatic rings. The minimum Gasteiger partial charge on any atom is -0.334 e. The van der Waals surface area contributed by atoms with Gasteiger partial charge in [0.15, 0.2) is 0 Å². The zero-order valence-electron chi connectivity index (χ0n) is 19.4. The predicted octanol–water partition coefficient (Wildman–Crippen LogP) is 7.47. The number of fused-ring (bicyclic) bond motifs is 2. The van der Waals surface area contributed by atoms with Crippen molar-refractivity contribution in [3.8, 4) is 0 Å². The van der Waals surface area contributed by atoms with Gasteiger partial charge in [0, 0.05) is 28.2 Å². The number of halogens is 1. The third-order valence-corrected chi connectivity index (χ3v) is 7.66. The van der Waals surface area contributed by atoms with Gasteiger partial charge in [0.05, 0.1) is 4.88 Å². The molecule has 4 rings (SSSR count). The van der Waals surface area contributed by atoms with Crippen molar-refractivity contribution in [2.45, 2.75) is 33.2 Å². The SMILES string of the molecule is CCN(CC)CCCCN(Cc1ccc2ccccc2c1)C(=O)c1cc2c(Cl)cccc2s1. The maximum atomic E-state index is 13.6. The second-order valence-electron chi connectivity index (χ2n) is 8.40. The van der Waals surface area contributed by atoms with Crippen molar-refractivity contribution in [1.82, 2.24) is 9.80 Å². The molecule has 0 N–H and O–H groups in total. The smallest absolute Gasteiger partial charge is 0.264 e. The van der Waals surface area contributed by atoms with E-state index in [1.807, 2.05) is 29.2 Å². The van der Waals surface area contributed by atoms with Crippen molar-refractivity contribution in [2.75, 3.05) is 26.2 Å². The Morgan fingerprint density at radius 2 is 1.64 bits per heavy atom. The third-order valence-electron chi connectivity index (χ3n) is 6.24. The summed E-state index contributed by atoms with van der Waals surface area (Å²) in [5.74, 6) is 0.0864. The Hall–Kier alpha value is -2.40. The van der Waals surface area contributed by atoms with Gasteiger partial charge >= 0.3 is 0 Å². The standard InChI is InChI=1S/C28H31ClN2OS/c1-3-30(4-2)16-7-8-17-31(20-21-14-15-22-10-5-6-11-23(22)18-21)28(32)27-19-24-25(29)12-9-13-26(24)33-27/h5-6,9-15,18-19H,3-4,7-8,16-17,20H2,1-2H3. The summed E-state index contributed by atoms with van der Waals surface area (Å²) < 4.78 is 1.05. The average molecular weight is 479 g/mol. The molecule has 0 atom stereocenters. The summed E-state index contributed by atoms with van der Waals surface area (Å²) in [6, 6.07) is 22.7. The molecule has 0 saturated heterocycles. The Morgan fingerprint density at radius 1 is 0.879 bits per heavy atom. The Morgan fingerprint density at radius 3 is 2.39 bits per heavy atom. The molecule has 5 heteroatoms. The first-order valence-electron chi connectivity index (χ1n) is 11.8. The summed E-state index contributed by atoms with van der Waals surface area (Å²) in [5.41, 5.74) is 1.16. The van der Waals surface area contributed by atoms with E-state index in [1.165, 1.54) is 22.1 Å². The van der Waals surface area contributed by atoms with Crippen molar-refractivity contribution < 1.29 is 4.79 Å². The van der Waals surface area contributed by atoms with E-state index < -0.39 is 0 Å². The summed E-state index contributed by atoms with van der Waals surface area (Å²) in [4.78, 5) is 18.8. The van der Waals surface area contributed by atoms with Gasteiger partial charge in [0.2, 0.25) is 0 Å². The van der Waals surface area contributed by atoms with Crippen molar-refractivity contribution in [2.24, 2.45) is 0 Å². The number of rotatable bonds is 10. The molecule has 0 aliphatic rings. The number of hydrogen-bond donors (Lipinski definition) is 0. The highest BCUT2D eigenvalue weighted by Crippen LogP contribution is 2.32. The summed E-state index contributed by atoms with van der Waals surface area (Å²) in [6.45, 7) is 8.96. The fraction of sp³-hybridized carbons (Fsp3) is 0.321. The van der Waals surface area contributed by atoms with Gasteiger partial charge in [0.1, 0.15) is 0 Å². The Kier molecular flexibility index (Phi) is 8.02. The fourth-order valence-corrected chi connectivity index (χ4v) is 5.62. The maximum absolute atomic E-state index is 13.6. The molecule has 172 valence electrons. The predicted molar refractivity (Wildman–Crippen MR) is 143 cm³/mol. The largest absolute Gasteiger partial charge is 0.334 e. The first-order valence-corrected chi connectivity index (χ1v) is 13.0. The monoisotopic (exact) mass is 478 g/mol. The molecule has 1 amide bonds. The molecule has 0 bridgehead atoms. The number of amides is 1. The molecule has 0 aliphatic carbocycles. The summed E-state index contributed by atoms with van der Waals surface area (Å²) in [5, 5.41) is 4.08. The molecular weight excluding hydrogens is 448 g/mol. The topological polar surface area (TPSA) is 23.6 Å². The quantitative estimate of drug-likeness (QED) is 0.221. The average Bonchev–Trinajstić information content (AvgIpc) is 3.29. The third kappa shape index (κ3) is 5.75. The number of benzene rings is 3. The van der Waals surface area contributed by atoms with E-state index in [0.29, 0.717) is 11.6 Å². The van der Waals surface area contributed by atoms with E-state index in [1.54, 1.807) is 0 Å². The van der Waals surface area contributed by atoms with Crippen LogP contribution >= 0.6 is 22.9 Å². The molecule has 1 aromatic heterocycles. The molecule has 0 spiro atoms. The fourth-order valence-electron chi connectivity index (χ4n) is 4.27. The van der Waals surface area contributed by atoms with Gasteiger partial charge in [-0.05, 0) is 73.1 Å². The lowest BCUT2D eigenvalue weighted by molar-refractivity contribution is 0.0743. The molecule has 0 fully saturated rings. The number of thiophene rings is 1. The van der Waals surface area contributed by atoms with Gasteiger partial charge in [-0.15, -0.1) is 11.3 Å². The highest BCUT2D eigenvalue weighted by atomic mass is 35.5. The second kappa shape index (κ2) is 11.1. The minimum atomic E-state index is 0.0864. The zero-order chi connectivity index (χ0) is 23.2. The molecule has 1 heterocycles. The van der Waals surface area contributed by atoms with E-state index >= 15 is 0 Å². The number of unbranched alkanes of at least 4 members (excludes halogenated alkanes) is 1. The van der Waals surface area contributed by atoms with Crippen LogP contribution in [0.1, 0.15) is 41.9 Å². The van der Waals surface area contributed by atoms with E-state index in [2.05, 4.69) is 61.2 Å². The van der Waals surface area contributed by atoms with Crippen LogP contribution in [0.4, 0.5) is 0 Å². The summed E-state index contributed by atoms with van der Waals surface area (Å²) >= 11 is 7.90. The van der Waals surface area contributed by atoms with Crippen LogP contribution < -0.4 is 0 Å². The zero-order valence-corrected chi connectivity index (χ0v) is 21.0. The van der Waals surface area contributed by atoms with Crippen LogP contribution in [0.3, 0.4) is 0 Å². The van der Waals surface area contributed by atoms with Crippen molar-refractivity contribution >= 4 is 49.7 Å². The highest BCUT2D eigenvalue weighted by Gasteiger charge is 2.19. The van der Waals surface area contributed by atoms with Crippen LogP contribution in [-0.4, -0.2) is 41.9 Å². The van der Waals surface area contributed by atoms with Gasteiger partial charge in [-0.3, -0.25) is 4.79 Å². The lowest BCUT2D eigenvalue weighted by Crippen LogP contribution is -2.32. The molecule has 0 unspecified atom stereocenters. The lowest BCUT2D eigenvalue weighted by atomic mass is 10.1. The molecule has 0 saturated carbocycles. The maximum Gasteiger partial charge on any atom is 0.264 e. The van der Waals surface area contributed by atoms with E-state index in [-0.39, 0.29) is 5.91 Å².